The average molecular weight is 739 g/mol. The number of fused-ring (bicyclic) bond motifs is 9. The predicted molar refractivity (Wildman–Crippen MR) is 242 cm³/mol. The van der Waals surface area contributed by atoms with Gasteiger partial charge in [-0.05, 0) is 71.1 Å². The maximum atomic E-state index is 5.23. The number of benzene rings is 9. The average Bonchev–Trinajstić information content (AvgIpc) is 3.82. The van der Waals surface area contributed by atoms with Gasteiger partial charge in [0.15, 0.2) is 5.82 Å². The summed E-state index contributed by atoms with van der Waals surface area (Å²) in [5.41, 5.74) is 13.3. The van der Waals surface area contributed by atoms with Gasteiger partial charge >= 0.3 is 0 Å². The summed E-state index contributed by atoms with van der Waals surface area (Å²) in [6.45, 7) is 0. The molecule has 0 saturated heterocycles. The van der Waals surface area contributed by atoms with Gasteiger partial charge in [0.1, 0.15) is 0 Å². The third-order valence-electron chi connectivity index (χ3n) is 11.7. The molecule has 3 aromatic heterocycles. The first-order valence-corrected chi connectivity index (χ1v) is 19.8. The monoisotopic (exact) mass is 738 g/mol. The lowest BCUT2D eigenvalue weighted by atomic mass is 9.98. The van der Waals surface area contributed by atoms with Crippen molar-refractivity contribution in [2.24, 2.45) is 0 Å². The van der Waals surface area contributed by atoms with Gasteiger partial charge in [0.05, 0.1) is 33.3 Å². The van der Waals surface area contributed by atoms with Gasteiger partial charge in [-0.2, -0.15) is 0 Å². The summed E-state index contributed by atoms with van der Waals surface area (Å²) in [5, 5.41) is 8.30. The molecule has 0 aliphatic heterocycles. The fraction of sp³-hybridized carbons (Fsp3) is 0. The minimum atomic E-state index is 0.723. The predicted octanol–water partition coefficient (Wildman–Crippen LogP) is 14.0. The summed E-state index contributed by atoms with van der Waals surface area (Å²) < 4.78 is 4.80. The van der Waals surface area contributed by atoms with Gasteiger partial charge < -0.3 is 9.13 Å². The fourth-order valence-electron chi connectivity index (χ4n) is 9.10. The number of para-hydroxylation sites is 3. The van der Waals surface area contributed by atoms with Crippen LogP contribution in [0.5, 0.6) is 0 Å². The summed E-state index contributed by atoms with van der Waals surface area (Å²) >= 11 is 0. The molecule has 0 N–H and O–H groups in total. The number of hydrogen-bond donors (Lipinski definition) is 0. The standard InChI is InChI=1S/C54H34N4/c1-3-15-37(16-4-1)54-55-52(46-33-28-35-14-7-8-19-42(35)53(46)56-54)36-26-30-40(31-27-36)57-48-24-12-10-21-45(48)51-41(22-13-25-49(51)57)38-29-32-44-43-20-9-11-23-47(43)58(50(44)34-38)39-17-5-2-6-18-39/h1-34H. The van der Waals surface area contributed by atoms with Crippen LogP contribution in [0.3, 0.4) is 0 Å². The second-order valence-corrected chi connectivity index (χ2v) is 15.0. The summed E-state index contributed by atoms with van der Waals surface area (Å²) in [5.74, 6) is 0.723. The molecular formula is C54H34N4. The zero-order valence-electron chi connectivity index (χ0n) is 31.4. The van der Waals surface area contributed by atoms with Crippen molar-refractivity contribution in [1.82, 2.24) is 19.1 Å². The highest BCUT2D eigenvalue weighted by molar-refractivity contribution is 6.17. The molecule has 12 aromatic rings. The van der Waals surface area contributed by atoms with Crippen LogP contribution >= 0.6 is 0 Å². The molecular weight excluding hydrogens is 705 g/mol. The van der Waals surface area contributed by atoms with Crippen molar-refractivity contribution in [3.63, 3.8) is 0 Å². The van der Waals surface area contributed by atoms with Gasteiger partial charge in [-0.1, -0.05) is 152 Å². The van der Waals surface area contributed by atoms with Crippen LogP contribution in [-0.4, -0.2) is 19.1 Å². The third-order valence-corrected chi connectivity index (χ3v) is 11.7. The molecule has 4 nitrogen and oxygen atoms in total. The van der Waals surface area contributed by atoms with Crippen LogP contribution in [0.1, 0.15) is 0 Å². The van der Waals surface area contributed by atoms with E-state index in [0.717, 1.165) is 50.3 Å². The lowest BCUT2D eigenvalue weighted by molar-refractivity contribution is 1.18. The molecule has 0 atom stereocenters. The molecule has 0 saturated carbocycles. The summed E-state index contributed by atoms with van der Waals surface area (Å²) in [6, 6.07) is 73.8. The summed E-state index contributed by atoms with van der Waals surface area (Å²) in [4.78, 5) is 10.4. The third kappa shape index (κ3) is 4.95. The Morgan fingerprint density at radius 3 is 1.72 bits per heavy atom. The Morgan fingerprint density at radius 1 is 0.328 bits per heavy atom. The van der Waals surface area contributed by atoms with Gasteiger partial charge in [-0.3, -0.25) is 0 Å². The highest BCUT2D eigenvalue weighted by Crippen LogP contribution is 2.41. The van der Waals surface area contributed by atoms with E-state index in [2.05, 4.69) is 197 Å². The Labute approximate surface area is 334 Å². The minimum Gasteiger partial charge on any atom is -0.309 e. The van der Waals surface area contributed by atoms with E-state index in [-0.39, 0.29) is 0 Å². The van der Waals surface area contributed by atoms with E-state index in [1.807, 2.05) is 18.2 Å². The lowest BCUT2D eigenvalue weighted by Gasteiger charge is -2.13. The first-order chi connectivity index (χ1) is 28.8. The van der Waals surface area contributed by atoms with Gasteiger partial charge in [-0.25, -0.2) is 9.97 Å². The number of nitrogens with zero attached hydrogens (tertiary/aromatic N) is 4. The van der Waals surface area contributed by atoms with Crippen LogP contribution in [0, 0.1) is 0 Å². The Morgan fingerprint density at radius 2 is 0.914 bits per heavy atom. The molecule has 0 bridgehead atoms. The fourth-order valence-corrected chi connectivity index (χ4v) is 9.10. The minimum absolute atomic E-state index is 0.723. The van der Waals surface area contributed by atoms with Crippen LogP contribution < -0.4 is 0 Å². The van der Waals surface area contributed by atoms with E-state index in [9.17, 15) is 0 Å². The Hall–Kier alpha value is -7.82. The number of hydrogen-bond acceptors (Lipinski definition) is 2. The molecule has 4 heteroatoms. The van der Waals surface area contributed by atoms with Gasteiger partial charge in [0.2, 0.25) is 0 Å². The number of aromatic nitrogens is 4. The topological polar surface area (TPSA) is 35.6 Å². The van der Waals surface area contributed by atoms with Crippen molar-refractivity contribution in [2.75, 3.05) is 0 Å². The van der Waals surface area contributed by atoms with Crippen molar-refractivity contribution >= 4 is 65.3 Å². The highest BCUT2D eigenvalue weighted by Gasteiger charge is 2.19. The molecule has 0 spiro atoms. The summed E-state index contributed by atoms with van der Waals surface area (Å²) in [6.07, 6.45) is 0. The Kier molecular flexibility index (Phi) is 7.20. The number of rotatable bonds is 5. The van der Waals surface area contributed by atoms with Crippen molar-refractivity contribution in [2.45, 2.75) is 0 Å². The molecule has 0 fully saturated rings. The van der Waals surface area contributed by atoms with Crippen LogP contribution in [0.15, 0.2) is 206 Å². The van der Waals surface area contributed by atoms with Crippen molar-refractivity contribution < 1.29 is 0 Å². The molecule has 0 aliphatic rings. The van der Waals surface area contributed by atoms with Gasteiger partial charge in [0, 0.05) is 54.8 Å². The normalized spacial score (nSPS) is 11.8. The van der Waals surface area contributed by atoms with E-state index in [0.29, 0.717) is 0 Å². The summed E-state index contributed by atoms with van der Waals surface area (Å²) in [7, 11) is 0. The van der Waals surface area contributed by atoms with Gasteiger partial charge in [-0.15, -0.1) is 0 Å². The van der Waals surface area contributed by atoms with Gasteiger partial charge in [0.25, 0.3) is 0 Å². The Balaban J connectivity index is 1.03. The molecule has 58 heavy (non-hydrogen) atoms. The largest absolute Gasteiger partial charge is 0.309 e. The van der Waals surface area contributed by atoms with Crippen LogP contribution in [0.2, 0.25) is 0 Å². The maximum Gasteiger partial charge on any atom is 0.160 e. The quantitative estimate of drug-likeness (QED) is 0.165. The van der Waals surface area contributed by atoms with Crippen LogP contribution in [0.25, 0.3) is 110 Å². The molecule has 9 aromatic carbocycles. The second kappa shape index (κ2) is 12.9. The molecule has 0 amide bonds. The van der Waals surface area contributed by atoms with Crippen molar-refractivity contribution in [3.8, 4) is 45.1 Å². The Bertz CT molecular complexity index is 3540. The molecule has 3 heterocycles. The first kappa shape index (κ1) is 32.4. The second-order valence-electron chi connectivity index (χ2n) is 15.0. The lowest BCUT2D eigenvalue weighted by Crippen LogP contribution is -1.97. The van der Waals surface area contributed by atoms with Crippen LogP contribution in [0.4, 0.5) is 0 Å². The smallest absolute Gasteiger partial charge is 0.160 e. The van der Waals surface area contributed by atoms with Crippen molar-refractivity contribution in [1.29, 1.82) is 0 Å². The van der Waals surface area contributed by atoms with E-state index in [1.165, 1.54) is 60.1 Å². The van der Waals surface area contributed by atoms with E-state index < -0.39 is 0 Å². The van der Waals surface area contributed by atoms with E-state index >= 15 is 0 Å². The zero-order valence-corrected chi connectivity index (χ0v) is 31.4. The van der Waals surface area contributed by atoms with Crippen molar-refractivity contribution in [3.05, 3.63) is 206 Å². The SMILES string of the molecule is c1ccc(-c2nc(-c3ccc(-n4c5ccccc5c5c(-c6ccc7c8ccccc8n(-c8ccccc8)c7c6)cccc54)cc3)c3ccc4ccccc4c3n2)cc1. The molecule has 0 unspecified atom stereocenters. The maximum absolute atomic E-state index is 5.23. The molecule has 12 rings (SSSR count). The molecule has 0 aliphatic carbocycles. The highest BCUT2D eigenvalue weighted by atomic mass is 15.0. The van der Waals surface area contributed by atoms with Crippen LogP contribution in [-0.2, 0) is 0 Å². The molecule has 270 valence electrons. The van der Waals surface area contributed by atoms with E-state index in [4.69, 9.17) is 9.97 Å². The first-order valence-electron chi connectivity index (χ1n) is 19.8. The molecule has 0 radical (unpaired) electrons. The zero-order chi connectivity index (χ0) is 38.2. The van der Waals surface area contributed by atoms with E-state index in [1.54, 1.807) is 0 Å².